The summed E-state index contributed by atoms with van der Waals surface area (Å²) in [4.78, 5) is 11.1. The Morgan fingerprint density at radius 2 is 1.95 bits per heavy atom. The molecule has 1 atom stereocenters. The van der Waals surface area contributed by atoms with E-state index in [1.807, 2.05) is 12.1 Å². The van der Waals surface area contributed by atoms with Crippen LogP contribution in [0.5, 0.6) is 5.75 Å². The number of hydrogen-bond acceptors (Lipinski definition) is 5. The van der Waals surface area contributed by atoms with Crippen LogP contribution in [0, 0.1) is 0 Å². The van der Waals surface area contributed by atoms with Gasteiger partial charge >= 0.3 is 5.97 Å². The van der Waals surface area contributed by atoms with Crippen LogP contribution in [0.15, 0.2) is 24.3 Å². The molecule has 0 bridgehead atoms. The molecule has 2 N–H and O–H groups in total. The zero-order valence-corrected chi connectivity index (χ0v) is 12.2. The summed E-state index contributed by atoms with van der Waals surface area (Å²) in [6.07, 6.45) is 1.65. The molecular formula is C14H21NO3S. The highest BCUT2D eigenvalue weighted by atomic mass is 32.2. The minimum atomic E-state index is -0.501. The van der Waals surface area contributed by atoms with Crippen molar-refractivity contribution in [3.63, 3.8) is 0 Å². The standard InChI is InChI=1S/C14H21NO3S/c1-17-12-5-3-11(4-6-12)7-9-19-10-8-13(15)14(16)18-2/h3-6,13H,7-10,15H2,1-2H3. The summed E-state index contributed by atoms with van der Waals surface area (Å²) in [5.74, 6) is 2.42. The third kappa shape index (κ3) is 5.98. The molecule has 19 heavy (non-hydrogen) atoms. The van der Waals surface area contributed by atoms with Gasteiger partial charge in [0.2, 0.25) is 0 Å². The first-order chi connectivity index (χ1) is 9.17. The quantitative estimate of drug-likeness (QED) is 0.583. The van der Waals surface area contributed by atoms with Gasteiger partial charge in [-0.05, 0) is 42.0 Å². The fourth-order valence-electron chi connectivity index (χ4n) is 1.56. The van der Waals surface area contributed by atoms with Gasteiger partial charge in [0.1, 0.15) is 11.8 Å². The largest absolute Gasteiger partial charge is 0.497 e. The lowest BCUT2D eigenvalue weighted by Crippen LogP contribution is -2.32. The number of rotatable bonds is 8. The van der Waals surface area contributed by atoms with E-state index in [0.29, 0.717) is 6.42 Å². The number of thioether (sulfide) groups is 1. The monoisotopic (exact) mass is 283 g/mol. The molecule has 5 heteroatoms. The topological polar surface area (TPSA) is 61.5 Å². The predicted octanol–water partition coefficient (Wildman–Crippen LogP) is 1.86. The Hall–Kier alpha value is -1.20. The van der Waals surface area contributed by atoms with Gasteiger partial charge in [-0.25, -0.2) is 0 Å². The number of carbonyl (C=O) groups excluding carboxylic acids is 1. The molecule has 0 heterocycles. The Labute approximate surface area is 118 Å². The Balaban J connectivity index is 2.15. The lowest BCUT2D eigenvalue weighted by Gasteiger charge is -2.08. The van der Waals surface area contributed by atoms with Gasteiger partial charge in [-0.1, -0.05) is 12.1 Å². The first-order valence-corrected chi connectivity index (χ1v) is 7.37. The van der Waals surface area contributed by atoms with E-state index in [4.69, 9.17) is 10.5 Å². The molecule has 0 aliphatic rings. The zero-order chi connectivity index (χ0) is 14.1. The minimum Gasteiger partial charge on any atom is -0.497 e. The molecule has 1 aromatic carbocycles. The van der Waals surface area contributed by atoms with Crippen molar-refractivity contribution in [3.05, 3.63) is 29.8 Å². The van der Waals surface area contributed by atoms with E-state index >= 15 is 0 Å². The maximum Gasteiger partial charge on any atom is 0.322 e. The molecule has 0 aromatic heterocycles. The second kappa shape index (κ2) is 8.82. The Morgan fingerprint density at radius 3 is 2.53 bits per heavy atom. The molecule has 0 spiro atoms. The van der Waals surface area contributed by atoms with Gasteiger partial charge in [0, 0.05) is 0 Å². The Kier molecular flexibility index (Phi) is 7.36. The van der Waals surface area contributed by atoms with Gasteiger partial charge in [-0.15, -0.1) is 0 Å². The number of carbonyl (C=O) groups is 1. The molecule has 0 aliphatic heterocycles. The highest BCUT2D eigenvalue weighted by Gasteiger charge is 2.12. The van der Waals surface area contributed by atoms with Gasteiger partial charge in [0.25, 0.3) is 0 Å². The third-order valence-corrected chi connectivity index (χ3v) is 3.79. The van der Waals surface area contributed by atoms with Gasteiger partial charge in [0.05, 0.1) is 14.2 Å². The van der Waals surface area contributed by atoms with E-state index in [2.05, 4.69) is 16.9 Å². The second-order valence-corrected chi connectivity index (χ2v) is 5.35. The fraction of sp³-hybridized carbons (Fsp3) is 0.500. The van der Waals surface area contributed by atoms with Crippen LogP contribution in [0.2, 0.25) is 0 Å². The maximum atomic E-state index is 11.1. The zero-order valence-electron chi connectivity index (χ0n) is 11.4. The van der Waals surface area contributed by atoms with Crippen LogP contribution in [0.1, 0.15) is 12.0 Å². The molecule has 0 radical (unpaired) electrons. The first kappa shape index (κ1) is 15.9. The highest BCUT2D eigenvalue weighted by Crippen LogP contribution is 2.14. The fourth-order valence-corrected chi connectivity index (χ4v) is 2.57. The minimum absolute atomic E-state index is 0.337. The normalized spacial score (nSPS) is 11.9. The van der Waals surface area contributed by atoms with Crippen molar-refractivity contribution < 1.29 is 14.3 Å². The van der Waals surface area contributed by atoms with Crippen molar-refractivity contribution in [1.82, 2.24) is 0 Å². The van der Waals surface area contributed by atoms with Gasteiger partial charge < -0.3 is 15.2 Å². The molecular weight excluding hydrogens is 262 g/mol. The van der Waals surface area contributed by atoms with Crippen molar-refractivity contribution in [2.75, 3.05) is 25.7 Å². The smallest absolute Gasteiger partial charge is 0.322 e. The average molecular weight is 283 g/mol. The summed E-state index contributed by atoms with van der Waals surface area (Å²) in [6, 6.07) is 7.57. The highest BCUT2D eigenvalue weighted by molar-refractivity contribution is 7.99. The van der Waals surface area contributed by atoms with E-state index in [1.54, 1.807) is 18.9 Å². The van der Waals surface area contributed by atoms with Crippen LogP contribution in [0.3, 0.4) is 0 Å². The SMILES string of the molecule is COC(=O)C(N)CCSCCc1ccc(OC)cc1. The summed E-state index contributed by atoms with van der Waals surface area (Å²) < 4.78 is 9.68. The Morgan fingerprint density at radius 1 is 1.26 bits per heavy atom. The molecule has 0 fully saturated rings. The van der Waals surface area contributed by atoms with E-state index in [-0.39, 0.29) is 5.97 Å². The number of benzene rings is 1. The molecule has 4 nitrogen and oxygen atoms in total. The summed E-state index contributed by atoms with van der Waals surface area (Å²) in [7, 11) is 3.02. The Bertz CT molecular complexity index is 381. The van der Waals surface area contributed by atoms with E-state index in [9.17, 15) is 4.79 Å². The predicted molar refractivity (Wildman–Crippen MR) is 78.6 cm³/mol. The molecule has 106 valence electrons. The van der Waals surface area contributed by atoms with Crippen LogP contribution >= 0.6 is 11.8 Å². The average Bonchev–Trinajstić information content (AvgIpc) is 2.46. The van der Waals surface area contributed by atoms with Crippen molar-refractivity contribution in [2.24, 2.45) is 5.73 Å². The van der Waals surface area contributed by atoms with Crippen molar-refractivity contribution >= 4 is 17.7 Å². The number of methoxy groups -OCH3 is 2. The molecule has 1 unspecified atom stereocenters. The van der Waals surface area contributed by atoms with Crippen LogP contribution in [0.4, 0.5) is 0 Å². The van der Waals surface area contributed by atoms with E-state index < -0.39 is 6.04 Å². The molecule has 0 amide bonds. The lowest BCUT2D eigenvalue weighted by atomic mass is 10.2. The molecule has 0 saturated carbocycles. The van der Waals surface area contributed by atoms with Gasteiger partial charge in [-0.3, -0.25) is 4.79 Å². The number of aryl methyl sites for hydroxylation is 1. The molecule has 1 aromatic rings. The lowest BCUT2D eigenvalue weighted by molar-refractivity contribution is -0.142. The number of ether oxygens (including phenoxy) is 2. The first-order valence-electron chi connectivity index (χ1n) is 6.21. The molecule has 0 saturated heterocycles. The molecule has 1 rings (SSSR count). The van der Waals surface area contributed by atoms with Gasteiger partial charge in [0.15, 0.2) is 0 Å². The summed E-state index contributed by atoms with van der Waals surface area (Å²) in [5.41, 5.74) is 6.93. The maximum absolute atomic E-state index is 11.1. The summed E-state index contributed by atoms with van der Waals surface area (Å²) >= 11 is 1.80. The van der Waals surface area contributed by atoms with E-state index in [1.165, 1.54) is 12.7 Å². The summed E-state index contributed by atoms with van der Waals surface area (Å²) in [5, 5.41) is 0. The molecule has 0 aliphatic carbocycles. The van der Waals surface area contributed by atoms with Crippen molar-refractivity contribution in [2.45, 2.75) is 18.9 Å². The summed E-state index contributed by atoms with van der Waals surface area (Å²) in [6.45, 7) is 0. The van der Waals surface area contributed by atoms with E-state index in [0.717, 1.165) is 23.7 Å². The van der Waals surface area contributed by atoms with Crippen LogP contribution in [0.25, 0.3) is 0 Å². The number of hydrogen-bond donors (Lipinski definition) is 1. The van der Waals surface area contributed by atoms with Crippen molar-refractivity contribution in [1.29, 1.82) is 0 Å². The van der Waals surface area contributed by atoms with Crippen LogP contribution in [-0.2, 0) is 16.0 Å². The van der Waals surface area contributed by atoms with Crippen LogP contribution < -0.4 is 10.5 Å². The van der Waals surface area contributed by atoms with Crippen molar-refractivity contribution in [3.8, 4) is 5.75 Å². The number of nitrogens with two attached hydrogens (primary N) is 1. The van der Waals surface area contributed by atoms with Crippen LogP contribution in [-0.4, -0.2) is 37.7 Å². The third-order valence-electron chi connectivity index (χ3n) is 2.77. The van der Waals surface area contributed by atoms with Gasteiger partial charge in [-0.2, -0.15) is 11.8 Å². The number of esters is 1. The second-order valence-electron chi connectivity index (χ2n) is 4.13.